The van der Waals surface area contributed by atoms with E-state index >= 15 is 0 Å². The van der Waals surface area contributed by atoms with Gasteiger partial charge in [0.15, 0.2) is 0 Å². The largest absolute Gasteiger partial charge is 0.448 e. The minimum Gasteiger partial charge on any atom is -0.448 e. The molecular formula is C10H16N2O4. The summed E-state index contributed by atoms with van der Waals surface area (Å²) >= 11 is 0. The van der Waals surface area contributed by atoms with Gasteiger partial charge < -0.3 is 19.7 Å². The van der Waals surface area contributed by atoms with Gasteiger partial charge in [0.05, 0.1) is 6.54 Å². The predicted octanol–water partition coefficient (Wildman–Crippen LogP) is -0.266. The smallest absolute Gasteiger partial charge is 0.409 e. The average Bonchev–Trinajstić information content (AvgIpc) is 2.90. The molecule has 90 valence electrons. The molecule has 0 saturated carbocycles. The third-order valence-electron chi connectivity index (χ3n) is 2.75. The maximum Gasteiger partial charge on any atom is 0.409 e. The van der Waals surface area contributed by atoms with Crippen LogP contribution in [0.25, 0.3) is 0 Å². The molecule has 0 aromatic rings. The molecule has 1 atom stereocenters. The van der Waals surface area contributed by atoms with Crippen LogP contribution in [-0.2, 0) is 14.3 Å². The fraction of sp³-hybridized carbons (Fsp3) is 0.800. The molecule has 2 saturated heterocycles. The standard InChI is InChI=1S/C10H16N2O4/c13-9(8-2-1-6-15-8)11-3-4-12-5-7-16-10(12)14/h8H,1-7H2,(H,11,13). The minimum atomic E-state index is -0.300. The number of rotatable bonds is 4. The Kier molecular flexibility index (Phi) is 3.61. The SMILES string of the molecule is O=C(NCCN1CCOC1=O)C1CCCO1. The predicted molar refractivity (Wildman–Crippen MR) is 54.9 cm³/mol. The van der Waals surface area contributed by atoms with Crippen molar-refractivity contribution in [3.8, 4) is 0 Å². The second kappa shape index (κ2) is 5.16. The number of nitrogens with zero attached hydrogens (tertiary/aromatic N) is 1. The second-order valence-electron chi connectivity index (χ2n) is 3.89. The van der Waals surface area contributed by atoms with Gasteiger partial charge in [-0.25, -0.2) is 4.79 Å². The average molecular weight is 228 g/mol. The first-order valence-corrected chi connectivity index (χ1v) is 5.58. The Bertz CT molecular complexity index is 276. The molecule has 0 aromatic carbocycles. The normalized spacial score (nSPS) is 24.6. The summed E-state index contributed by atoms with van der Waals surface area (Å²) in [5, 5.41) is 2.76. The van der Waals surface area contributed by atoms with Crippen LogP contribution < -0.4 is 5.32 Å². The van der Waals surface area contributed by atoms with E-state index in [1.165, 1.54) is 0 Å². The molecule has 2 heterocycles. The minimum absolute atomic E-state index is 0.0786. The van der Waals surface area contributed by atoms with Gasteiger partial charge in [0.1, 0.15) is 12.7 Å². The van der Waals surface area contributed by atoms with E-state index in [1.54, 1.807) is 4.90 Å². The zero-order valence-corrected chi connectivity index (χ0v) is 9.11. The first kappa shape index (κ1) is 11.2. The molecule has 16 heavy (non-hydrogen) atoms. The van der Waals surface area contributed by atoms with Crippen LogP contribution in [0.15, 0.2) is 0 Å². The van der Waals surface area contributed by atoms with Crippen molar-refractivity contribution in [2.24, 2.45) is 0 Å². The number of carbonyl (C=O) groups excluding carboxylic acids is 2. The number of hydrogen-bond acceptors (Lipinski definition) is 4. The van der Waals surface area contributed by atoms with Gasteiger partial charge in [0.25, 0.3) is 0 Å². The van der Waals surface area contributed by atoms with Crippen molar-refractivity contribution >= 4 is 12.0 Å². The Morgan fingerprint density at radius 3 is 3.00 bits per heavy atom. The van der Waals surface area contributed by atoms with Crippen molar-refractivity contribution in [1.29, 1.82) is 0 Å². The Morgan fingerprint density at radius 1 is 1.50 bits per heavy atom. The van der Waals surface area contributed by atoms with E-state index in [-0.39, 0.29) is 18.1 Å². The zero-order chi connectivity index (χ0) is 11.4. The summed E-state index contributed by atoms with van der Waals surface area (Å²) in [5.41, 5.74) is 0. The quantitative estimate of drug-likeness (QED) is 0.719. The van der Waals surface area contributed by atoms with Crippen LogP contribution in [-0.4, -0.2) is 55.9 Å². The molecule has 0 spiro atoms. The molecule has 2 fully saturated rings. The van der Waals surface area contributed by atoms with Gasteiger partial charge in [0.2, 0.25) is 5.91 Å². The summed E-state index contributed by atoms with van der Waals surface area (Å²) in [4.78, 5) is 24.2. The van der Waals surface area contributed by atoms with Crippen molar-refractivity contribution in [3.05, 3.63) is 0 Å². The molecule has 2 rings (SSSR count). The Morgan fingerprint density at radius 2 is 2.38 bits per heavy atom. The van der Waals surface area contributed by atoms with E-state index in [1.807, 2.05) is 0 Å². The van der Waals surface area contributed by atoms with Crippen LogP contribution in [0.2, 0.25) is 0 Å². The third kappa shape index (κ3) is 2.63. The highest BCUT2D eigenvalue weighted by atomic mass is 16.6. The van der Waals surface area contributed by atoms with Crippen LogP contribution in [0.1, 0.15) is 12.8 Å². The van der Waals surface area contributed by atoms with Gasteiger partial charge in [0, 0.05) is 19.7 Å². The summed E-state index contributed by atoms with van der Waals surface area (Å²) in [6, 6.07) is 0. The van der Waals surface area contributed by atoms with E-state index in [2.05, 4.69) is 5.32 Å². The van der Waals surface area contributed by atoms with Crippen molar-refractivity contribution in [2.45, 2.75) is 18.9 Å². The number of cyclic esters (lactones) is 1. The second-order valence-corrected chi connectivity index (χ2v) is 3.89. The van der Waals surface area contributed by atoms with E-state index in [0.717, 1.165) is 12.8 Å². The molecular weight excluding hydrogens is 212 g/mol. The maximum absolute atomic E-state index is 11.5. The van der Waals surface area contributed by atoms with Gasteiger partial charge in [-0.1, -0.05) is 0 Å². The molecule has 6 heteroatoms. The Labute approximate surface area is 93.9 Å². The van der Waals surface area contributed by atoms with Crippen LogP contribution in [0.4, 0.5) is 4.79 Å². The molecule has 2 aliphatic heterocycles. The van der Waals surface area contributed by atoms with Gasteiger partial charge in [-0.3, -0.25) is 4.79 Å². The monoisotopic (exact) mass is 228 g/mol. The van der Waals surface area contributed by atoms with Gasteiger partial charge in [-0.2, -0.15) is 0 Å². The Balaban J connectivity index is 1.63. The highest BCUT2D eigenvalue weighted by Crippen LogP contribution is 2.11. The summed E-state index contributed by atoms with van der Waals surface area (Å²) in [6.07, 6.45) is 1.13. The van der Waals surface area contributed by atoms with Gasteiger partial charge in [-0.15, -0.1) is 0 Å². The van der Waals surface area contributed by atoms with Crippen LogP contribution in [0.3, 0.4) is 0 Å². The highest BCUT2D eigenvalue weighted by Gasteiger charge is 2.24. The van der Waals surface area contributed by atoms with E-state index in [9.17, 15) is 9.59 Å². The lowest BCUT2D eigenvalue weighted by molar-refractivity contribution is -0.130. The topological polar surface area (TPSA) is 67.9 Å². The lowest BCUT2D eigenvalue weighted by Gasteiger charge is -2.14. The summed E-state index contributed by atoms with van der Waals surface area (Å²) in [7, 11) is 0. The van der Waals surface area contributed by atoms with E-state index in [4.69, 9.17) is 9.47 Å². The Hall–Kier alpha value is -1.30. The number of carbonyl (C=O) groups is 2. The summed E-state index contributed by atoms with van der Waals surface area (Å²) in [6.45, 7) is 2.66. The van der Waals surface area contributed by atoms with E-state index < -0.39 is 0 Å². The van der Waals surface area contributed by atoms with Gasteiger partial charge in [-0.05, 0) is 12.8 Å². The van der Waals surface area contributed by atoms with E-state index in [0.29, 0.717) is 32.8 Å². The number of ether oxygens (including phenoxy) is 2. The first-order chi connectivity index (χ1) is 7.77. The molecule has 0 aliphatic carbocycles. The fourth-order valence-electron chi connectivity index (χ4n) is 1.84. The molecule has 0 radical (unpaired) electrons. The molecule has 1 N–H and O–H groups in total. The number of hydrogen-bond donors (Lipinski definition) is 1. The van der Waals surface area contributed by atoms with Crippen molar-refractivity contribution < 1.29 is 19.1 Å². The fourth-order valence-corrected chi connectivity index (χ4v) is 1.84. The summed E-state index contributed by atoms with van der Waals surface area (Å²) < 4.78 is 10.0. The van der Waals surface area contributed by atoms with Crippen molar-refractivity contribution in [3.63, 3.8) is 0 Å². The number of amides is 2. The van der Waals surface area contributed by atoms with Crippen LogP contribution in [0.5, 0.6) is 0 Å². The molecule has 0 bridgehead atoms. The van der Waals surface area contributed by atoms with Crippen LogP contribution in [0, 0.1) is 0 Å². The molecule has 2 amide bonds. The molecule has 2 aliphatic rings. The molecule has 0 aromatic heterocycles. The lowest BCUT2D eigenvalue weighted by atomic mass is 10.2. The lowest BCUT2D eigenvalue weighted by Crippen LogP contribution is -2.39. The number of nitrogens with one attached hydrogen (secondary N) is 1. The first-order valence-electron chi connectivity index (χ1n) is 5.58. The highest BCUT2D eigenvalue weighted by molar-refractivity contribution is 5.81. The maximum atomic E-state index is 11.5. The van der Waals surface area contributed by atoms with Crippen molar-refractivity contribution in [1.82, 2.24) is 10.2 Å². The van der Waals surface area contributed by atoms with Gasteiger partial charge >= 0.3 is 6.09 Å². The summed E-state index contributed by atoms with van der Waals surface area (Å²) in [5.74, 6) is -0.0786. The molecule has 6 nitrogen and oxygen atoms in total. The van der Waals surface area contributed by atoms with Crippen LogP contribution >= 0.6 is 0 Å². The zero-order valence-electron chi connectivity index (χ0n) is 9.11. The third-order valence-corrected chi connectivity index (χ3v) is 2.75. The molecule has 1 unspecified atom stereocenters. The van der Waals surface area contributed by atoms with Crippen molar-refractivity contribution in [2.75, 3.05) is 32.8 Å².